The summed E-state index contributed by atoms with van der Waals surface area (Å²) >= 11 is 0. The van der Waals surface area contributed by atoms with Crippen LogP contribution in [0.1, 0.15) is 35.2 Å². The predicted octanol–water partition coefficient (Wildman–Crippen LogP) is 3.63. The van der Waals surface area contributed by atoms with Gasteiger partial charge in [-0.15, -0.1) is 0 Å². The molecule has 0 unspecified atom stereocenters. The van der Waals surface area contributed by atoms with Crippen LogP contribution in [0.2, 0.25) is 0 Å². The Labute approximate surface area is 131 Å². The van der Waals surface area contributed by atoms with Gasteiger partial charge in [-0.05, 0) is 50.5 Å². The molecule has 0 radical (unpaired) electrons. The van der Waals surface area contributed by atoms with Gasteiger partial charge in [0.1, 0.15) is 5.82 Å². The molecule has 2 aromatic rings. The van der Waals surface area contributed by atoms with E-state index in [-0.39, 0.29) is 5.91 Å². The Morgan fingerprint density at radius 3 is 2.64 bits per heavy atom. The highest BCUT2D eigenvalue weighted by atomic mass is 16.1. The number of amides is 1. The third-order valence-corrected chi connectivity index (χ3v) is 3.99. The normalized spacial score (nSPS) is 14.7. The first-order chi connectivity index (χ1) is 10.7. The molecular weight excluding hydrogens is 274 g/mol. The molecule has 0 spiro atoms. The number of pyridine rings is 1. The zero-order chi connectivity index (χ0) is 15.4. The van der Waals surface area contributed by atoms with Crippen LogP contribution in [0.4, 0.5) is 11.5 Å². The number of rotatable bonds is 3. The van der Waals surface area contributed by atoms with E-state index in [0.29, 0.717) is 11.4 Å². The average molecular weight is 295 g/mol. The number of hydrogen-bond acceptors (Lipinski definition) is 3. The Hall–Kier alpha value is -2.36. The van der Waals surface area contributed by atoms with Gasteiger partial charge in [-0.25, -0.2) is 4.98 Å². The molecule has 4 heteroatoms. The van der Waals surface area contributed by atoms with Crippen molar-refractivity contribution in [2.75, 3.05) is 23.3 Å². The maximum absolute atomic E-state index is 12.2. The van der Waals surface area contributed by atoms with Crippen LogP contribution in [-0.2, 0) is 0 Å². The summed E-state index contributed by atoms with van der Waals surface area (Å²) in [5.74, 6) is 0.467. The molecule has 4 nitrogen and oxygen atoms in total. The van der Waals surface area contributed by atoms with Crippen molar-refractivity contribution < 1.29 is 4.79 Å². The van der Waals surface area contributed by atoms with E-state index in [1.807, 2.05) is 49.5 Å². The van der Waals surface area contributed by atoms with E-state index >= 15 is 0 Å². The topological polar surface area (TPSA) is 45.2 Å². The van der Waals surface area contributed by atoms with E-state index in [9.17, 15) is 4.79 Å². The fourth-order valence-corrected chi connectivity index (χ4v) is 2.77. The van der Waals surface area contributed by atoms with E-state index < -0.39 is 0 Å². The van der Waals surface area contributed by atoms with Crippen LogP contribution in [-0.4, -0.2) is 24.0 Å². The largest absolute Gasteiger partial charge is 0.370 e. The first kappa shape index (κ1) is 14.6. The first-order valence-corrected chi connectivity index (χ1v) is 7.81. The number of piperidine rings is 1. The molecule has 1 N–H and O–H groups in total. The van der Waals surface area contributed by atoms with Crippen LogP contribution < -0.4 is 10.2 Å². The second kappa shape index (κ2) is 6.60. The molecule has 3 rings (SSSR count). The van der Waals surface area contributed by atoms with Gasteiger partial charge < -0.3 is 10.2 Å². The number of aromatic nitrogens is 1. The molecule has 1 amide bonds. The van der Waals surface area contributed by atoms with Gasteiger partial charge in [-0.3, -0.25) is 4.79 Å². The van der Waals surface area contributed by atoms with Crippen molar-refractivity contribution >= 4 is 17.4 Å². The lowest BCUT2D eigenvalue weighted by molar-refractivity contribution is 0.102. The van der Waals surface area contributed by atoms with Crippen LogP contribution in [0, 0.1) is 6.92 Å². The van der Waals surface area contributed by atoms with Crippen molar-refractivity contribution in [1.82, 2.24) is 4.98 Å². The standard InChI is InChI=1S/C18H21N3O/c1-14-6-5-7-15(12-14)18(22)20-17-9-8-16(13-19-17)21-10-3-2-4-11-21/h5-9,12-13H,2-4,10-11H2,1H3,(H,19,20,22). The van der Waals surface area contributed by atoms with Crippen molar-refractivity contribution in [3.63, 3.8) is 0 Å². The third-order valence-electron chi connectivity index (χ3n) is 3.99. The zero-order valence-corrected chi connectivity index (χ0v) is 12.9. The predicted molar refractivity (Wildman–Crippen MR) is 89.4 cm³/mol. The highest BCUT2D eigenvalue weighted by molar-refractivity contribution is 6.03. The summed E-state index contributed by atoms with van der Waals surface area (Å²) < 4.78 is 0. The van der Waals surface area contributed by atoms with Crippen LogP contribution in [0.25, 0.3) is 0 Å². The second-order valence-electron chi connectivity index (χ2n) is 5.77. The van der Waals surface area contributed by atoms with Gasteiger partial charge in [0, 0.05) is 18.7 Å². The Morgan fingerprint density at radius 2 is 1.95 bits per heavy atom. The number of anilines is 2. The summed E-state index contributed by atoms with van der Waals surface area (Å²) in [6.45, 7) is 4.16. The minimum absolute atomic E-state index is 0.123. The molecule has 1 aromatic carbocycles. The molecule has 0 saturated carbocycles. The van der Waals surface area contributed by atoms with Gasteiger partial charge in [0.25, 0.3) is 5.91 Å². The maximum Gasteiger partial charge on any atom is 0.256 e. The van der Waals surface area contributed by atoms with E-state index in [1.54, 1.807) is 0 Å². The number of nitrogens with zero attached hydrogens (tertiary/aromatic N) is 2. The average Bonchev–Trinajstić information content (AvgIpc) is 2.56. The quantitative estimate of drug-likeness (QED) is 0.940. The number of benzene rings is 1. The van der Waals surface area contributed by atoms with Crippen LogP contribution in [0.3, 0.4) is 0 Å². The fraction of sp³-hybridized carbons (Fsp3) is 0.333. The lowest BCUT2D eigenvalue weighted by atomic mass is 10.1. The second-order valence-corrected chi connectivity index (χ2v) is 5.77. The summed E-state index contributed by atoms with van der Waals surface area (Å²) in [6, 6.07) is 11.4. The molecule has 0 atom stereocenters. The molecule has 2 heterocycles. The lowest BCUT2D eigenvalue weighted by Gasteiger charge is -2.28. The van der Waals surface area contributed by atoms with Crippen molar-refractivity contribution in [2.24, 2.45) is 0 Å². The van der Waals surface area contributed by atoms with Crippen LogP contribution in [0.15, 0.2) is 42.6 Å². The Bertz CT molecular complexity index is 646. The first-order valence-electron chi connectivity index (χ1n) is 7.81. The molecule has 0 bridgehead atoms. The van der Waals surface area contributed by atoms with Crippen LogP contribution >= 0.6 is 0 Å². The van der Waals surface area contributed by atoms with Gasteiger partial charge >= 0.3 is 0 Å². The minimum Gasteiger partial charge on any atom is -0.370 e. The highest BCUT2D eigenvalue weighted by Crippen LogP contribution is 2.20. The van der Waals surface area contributed by atoms with Crippen molar-refractivity contribution in [3.05, 3.63) is 53.7 Å². The number of hydrogen-bond donors (Lipinski definition) is 1. The number of aryl methyl sites for hydroxylation is 1. The van der Waals surface area contributed by atoms with Gasteiger partial charge in [-0.1, -0.05) is 17.7 Å². The monoisotopic (exact) mass is 295 g/mol. The molecular formula is C18H21N3O. The number of carbonyl (C=O) groups is 1. The number of nitrogens with one attached hydrogen (secondary N) is 1. The van der Waals surface area contributed by atoms with E-state index in [1.165, 1.54) is 19.3 Å². The smallest absolute Gasteiger partial charge is 0.256 e. The molecule has 1 saturated heterocycles. The van der Waals surface area contributed by atoms with Gasteiger partial charge in [-0.2, -0.15) is 0 Å². The van der Waals surface area contributed by atoms with Crippen molar-refractivity contribution in [1.29, 1.82) is 0 Å². The van der Waals surface area contributed by atoms with Crippen molar-refractivity contribution in [3.8, 4) is 0 Å². The fourth-order valence-electron chi connectivity index (χ4n) is 2.77. The molecule has 0 aliphatic carbocycles. The van der Waals surface area contributed by atoms with E-state index in [2.05, 4.69) is 15.2 Å². The van der Waals surface area contributed by atoms with Gasteiger partial charge in [0.05, 0.1) is 11.9 Å². The Balaban J connectivity index is 1.66. The van der Waals surface area contributed by atoms with Crippen molar-refractivity contribution in [2.45, 2.75) is 26.2 Å². The highest BCUT2D eigenvalue weighted by Gasteiger charge is 2.12. The molecule has 114 valence electrons. The number of carbonyl (C=O) groups excluding carboxylic acids is 1. The van der Waals surface area contributed by atoms with E-state index in [4.69, 9.17) is 0 Å². The molecule has 1 aromatic heterocycles. The summed E-state index contributed by atoms with van der Waals surface area (Å²) in [5.41, 5.74) is 2.86. The molecule has 22 heavy (non-hydrogen) atoms. The third kappa shape index (κ3) is 3.45. The Kier molecular flexibility index (Phi) is 4.37. The van der Waals surface area contributed by atoms with Gasteiger partial charge in [0.15, 0.2) is 0 Å². The Morgan fingerprint density at radius 1 is 1.14 bits per heavy atom. The molecule has 1 aliphatic rings. The van der Waals surface area contributed by atoms with E-state index in [0.717, 1.165) is 24.3 Å². The van der Waals surface area contributed by atoms with Gasteiger partial charge in [0.2, 0.25) is 0 Å². The summed E-state index contributed by atoms with van der Waals surface area (Å²) in [6.07, 6.45) is 5.64. The SMILES string of the molecule is Cc1cccc(C(=O)Nc2ccc(N3CCCCC3)cn2)c1. The minimum atomic E-state index is -0.123. The summed E-state index contributed by atoms with van der Waals surface area (Å²) in [7, 11) is 0. The maximum atomic E-state index is 12.2. The summed E-state index contributed by atoms with van der Waals surface area (Å²) in [5, 5.41) is 2.85. The molecule has 1 aliphatic heterocycles. The van der Waals surface area contributed by atoms with Crippen LogP contribution in [0.5, 0.6) is 0 Å². The molecule has 1 fully saturated rings. The zero-order valence-electron chi connectivity index (χ0n) is 12.9. The lowest BCUT2D eigenvalue weighted by Crippen LogP contribution is -2.29. The summed E-state index contributed by atoms with van der Waals surface area (Å²) in [4.78, 5) is 18.9.